The van der Waals surface area contributed by atoms with Gasteiger partial charge in [-0.15, -0.1) is 0 Å². The van der Waals surface area contributed by atoms with Gasteiger partial charge in [0.15, 0.2) is 0 Å². The Labute approximate surface area is 124 Å². The monoisotopic (exact) mass is 312 g/mol. The number of hydrogen-bond donors (Lipinski definition) is 2. The van der Waals surface area contributed by atoms with E-state index >= 15 is 0 Å². The van der Waals surface area contributed by atoms with E-state index < -0.39 is 10.0 Å². The summed E-state index contributed by atoms with van der Waals surface area (Å²) in [7, 11) is -3.54. The Morgan fingerprint density at radius 2 is 2.05 bits per heavy atom. The minimum absolute atomic E-state index is 0.0780. The number of hydrogen-bond acceptors (Lipinski definition) is 4. The Bertz CT molecular complexity index is 554. The minimum Gasteiger partial charge on any atom is -0.376 e. The second-order valence-corrected chi connectivity index (χ2v) is 6.67. The molecule has 1 amide bonds. The van der Waals surface area contributed by atoms with Crippen LogP contribution in [0.15, 0.2) is 35.2 Å². The van der Waals surface area contributed by atoms with Gasteiger partial charge >= 0.3 is 0 Å². The fraction of sp³-hybridized carbons (Fsp3) is 0.500. The number of benzene rings is 1. The van der Waals surface area contributed by atoms with E-state index in [1.54, 1.807) is 18.2 Å². The summed E-state index contributed by atoms with van der Waals surface area (Å²) in [6.45, 7) is 1.32. The van der Waals surface area contributed by atoms with Gasteiger partial charge < -0.3 is 10.1 Å². The highest BCUT2D eigenvalue weighted by Gasteiger charge is 2.17. The molecular formula is C14H20N2O4S. The lowest BCUT2D eigenvalue weighted by Crippen LogP contribution is -2.34. The Hall–Kier alpha value is -1.44. The third kappa shape index (κ3) is 5.11. The van der Waals surface area contributed by atoms with Gasteiger partial charge in [0, 0.05) is 26.1 Å². The molecule has 0 saturated carbocycles. The van der Waals surface area contributed by atoms with Gasteiger partial charge in [0.2, 0.25) is 15.9 Å². The number of carbonyl (C=O) groups excluding carboxylic acids is 1. The molecule has 0 radical (unpaired) electrons. The van der Waals surface area contributed by atoms with E-state index in [0.717, 1.165) is 19.4 Å². The lowest BCUT2D eigenvalue weighted by molar-refractivity contribution is -0.121. The van der Waals surface area contributed by atoms with Crippen molar-refractivity contribution >= 4 is 15.9 Å². The summed E-state index contributed by atoms with van der Waals surface area (Å²) in [5.41, 5.74) is 0. The second kappa shape index (κ2) is 7.53. The second-order valence-electron chi connectivity index (χ2n) is 4.90. The van der Waals surface area contributed by atoms with E-state index in [1.165, 1.54) is 12.1 Å². The molecule has 6 nitrogen and oxygen atoms in total. The summed E-state index contributed by atoms with van der Waals surface area (Å²) in [5.74, 6) is -0.179. The molecule has 0 bridgehead atoms. The van der Waals surface area contributed by atoms with Crippen molar-refractivity contribution in [3.05, 3.63) is 30.3 Å². The summed E-state index contributed by atoms with van der Waals surface area (Å²) < 4.78 is 31.6. The molecule has 1 aromatic carbocycles. The average Bonchev–Trinajstić information content (AvgIpc) is 2.99. The van der Waals surface area contributed by atoms with Crippen molar-refractivity contribution < 1.29 is 17.9 Å². The number of nitrogens with one attached hydrogen (secondary N) is 2. The van der Waals surface area contributed by atoms with Crippen LogP contribution < -0.4 is 10.0 Å². The fourth-order valence-electron chi connectivity index (χ4n) is 2.10. The molecule has 21 heavy (non-hydrogen) atoms. The smallest absolute Gasteiger partial charge is 0.240 e. The van der Waals surface area contributed by atoms with Crippen molar-refractivity contribution in [3.63, 3.8) is 0 Å². The maximum absolute atomic E-state index is 11.9. The van der Waals surface area contributed by atoms with Gasteiger partial charge in [-0.2, -0.15) is 0 Å². The molecule has 2 N–H and O–H groups in total. The molecule has 1 saturated heterocycles. The van der Waals surface area contributed by atoms with Crippen LogP contribution in [-0.4, -0.2) is 40.1 Å². The third-order valence-electron chi connectivity index (χ3n) is 3.25. The highest BCUT2D eigenvalue weighted by atomic mass is 32.2. The van der Waals surface area contributed by atoms with Crippen LogP contribution in [0, 0.1) is 0 Å². The molecule has 1 unspecified atom stereocenters. The highest BCUT2D eigenvalue weighted by molar-refractivity contribution is 7.89. The Balaban J connectivity index is 1.69. The molecule has 116 valence electrons. The first-order chi connectivity index (χ1) is 10.1. The molecule has 1 fully saturated rings. The number of ether oxygens (including phenoxy) is 1. The van der Waals surface area contributed by atoms with Crippen molar-refractivity contribution in [2.24, 2.45) is 0 Å². The quantitative estimate of drug-likeness (QED) is 0.774. The minimum atomic E-state index is -3.54. The first-order valence-electron chi connectivity index (χ1n) is 7.01. The lowest BCUT2D eigenvalue weighted by atomic mass is 10.2. The first-order valence-corrected chi connectivity index (χ1v) is 8.49. The van der Waals surface area contributed by atoms with E-state index in [-0.39, 0.29) is 29.9 Å². The average molecular weight is 312 g/mol. The van der Waals surface area contributed by atoms with Crippen LogP contribution in [0.1, 0.15) is 19.3 Å². The fourth-order valence-corrected chi connectivity index (χ4v) is 3.16. The van der Waals surface area contributed by atoms with Crippen LogP contribution in [0.3, 0.4) is 0 Å². The maximum atomic E-state index is 11.9. The Morgan fingerprint density at radius 1 is 1.29 bits per heavy atom. The molecule has 0 aromatic heterocycles. The van der Waals surface area contributed by atoms with Crippen LogP contribution in [0.4, 0.5) is 0 Å². The standard InChI is InChI=1S/C14H20N2O4S/c17-14(15-11-12-5-4-10-20-12)8-9-16-21(18,19)13-6-2-1-3-7-13/h1-3,6-7,12,16H,4-5,8-11H2,(H,15,17). The van der Waals surface area contributed by atoms with Gasteiger partial charge in [-0.3, -0.25) is 4.79 Å². The van der Waals surface area contributed by atoms with E-state index in [1.807, 2.05) is 0 Å². The summed E-state index contributed by atoms with van der Waals surface area (Å²) in [6, 6.07) is 8.09. The van der Waals surface area contributed by atoms with Crippen LogP contribution in [0.25, 0.3) is 0 Å². The zero-order chi connectivity index (χ0) is 15.1. The van der Waals surface area contributed by atoms with Crippen LogP contribution >= 0.6 is 0 Å². The largest absolute Gasteiger partial charge is 0.376 e. The predicted octanol–water partition coefficient (Wildman–Crippen LogP) is 0.650. The van der Waals surface area contributed by atoms with Gasteiger partial charge in [0.05, 0.1) is 11.0 Å². The topological polar surface area (TPSA) is 84.5 Å². The number of amides is 1. The van der Waals surface area contributed by atoms with Gasteiger partial charge in [0.1, 0.15) is 0 Å². The van der Waals surface area contributed by atoms with E-state index in [4.69, 9.17) is 4.74 Å². The molecule has 1 aliphatic heterocycles. The summed E-state index contributed by atoms with van der Waals surface area (Å²) in [4.78, 5) is 11.8. The normalized spacial score (nSPS) is 18.6. The molecule has 1 aliphatic rings. The third-order valence-corrected chi connectivity index (χ3v) is 4.73. The molecule has 2 rings (SSSR count). The van der Waals surface area contributed by atoms with Crippen LogP contribution in [0.5, 0.6) is 0 Å². The van der Waals surface area contributed by atoms with E-state index in [0.29, 0.717) is 6.54 Å². The number of carbonyl (C=O) groups is 1. The summed E-state index contributed by atoms with van der Waals surface area (Å²) in [6.07, 6.45) is 2.19. The van der Waals surface area contributed by atoms with Crippen molar-refractivity contribution in [3.8, 4) is 0 Å². The summed E-state index contributed by atoms with van der Waals surface area (Å²) in [5, 5.41) is 2.75. The van der Waals surface area contributed by atoms with Gasteiger partial charge in [-0.25, -0.2) is 13.1 Å². The van der Waals surface area contributed by atoms with Crippen molar-refractivity contribution in [1.82, 2.24) is 10.0 Å². The van der Waals surface area contributed by atoms with Crippen molar-refractivity contribution in [2.75, 3.05) is 19.7 Å². The van der Waals surface area contributed by atoms with Crippen molar-refractivity contribution in [1.29, 1.82) is 0 Å². The molecule has 1 heterocycles. The number of rotatable bonds is 7. The molecule has 0 aliphatic carbocycles. The Kier molecular flexibility index (Phi) is 5.72. The predicted molar refractivity (Wildman–Crippen MR) is 78.2 cm³/mol. The number of sulfonamides is 1. The van der Waals surface area contributed by atoms with E-state index in [2.05, 4.69) is 10.0 Å². The molecule has 7 heteroatoms. The molecule has 1 atom stereocenters. The maximum Gasteiger partial charge on any atom is 0.240 e. The highest BCUT2D eigenvalue weighted by Crippen LogP contribution is 2.10. The van der Waals surface area contributed by atoms with Gasteiger partial charge in [0.25, 0.3) is 0 Å². The van der Waals surface area contributed by atoms with Gasteiger partial charge in [-0.05, 0) is 25.0 Å². The van der Waals surface area contributed by atoms with Crippen molar-refractivity contribution in [2.45, 2.75) is 30.3 Å². The molecular weight excluding hydrogens is 292 g/mol. The van der Waals surface area contributed by atoms with Crippen LogP contribution in [-0.2, 0) is 19.6 Å². The first kappa shape index (κ1) is 15.9. The van der Waals surface area contributed by atoms with Gasteiger partial charge in [-0.1, -0.05) is 18.2 Å². The SMILES string of the molecule is O=C(CCNS(=O)(=O)c1ccccc1)NCC1CCCO1. The zero-order valence-electron chi connectivity index (χ0n) is 11.7. The lowest BCUT2D eigenvalue weighted by Gasteiger charge is -2.11. The summed E-state index contributed by atoms with van der Waals surface area (Å²) >= 11 is 0. The Morgan fingerprint density at radius 3 is 2.71 bits per heavy atom. The molecule has 0 spiro atoms. The van der Waals surface area contributed by atoms with Crippen LogP contribution in [0.2, 0.25) is 0 Å². The zero-order valence-corrected chi connectivity index (χ0v) is 12.6. The van der Waals surface area contributed by atoms with E-state index in [9.17, 15) is 13.2 Å². The molecule has 1 aromatic rings.